The molecular weight excluding hydrogens is 297 g/mol. The first-order chi connectivity index (χ1) is 11.2. The average Bonchev–Trinajstić information content (AvgIpc) is 2.58. The Kier molecular flexibility index (Phi) is 6.32. The molecule has 0 aliphatic rings. The fraction of sp³-hybridized carbons (Fsp3) is 0.167. The van der Waals surface area contributed by atoms with Gasteiger partial charge in [0.2, 0.25) is 5.91 Å². The molecule has 0 atom stereocenters. The lowest BCUT2D eigenvalue weighted by atomic mass is 10.2. The van der Waals surface area contributed by atoms with Gasteiger partial charge in [-0.25, -0.2) is 4.39 Å². The van der Waals surface area contributed by atoms with Crippen molar-refractivity contribution in [2.24, 2.45) is 0 Å². The molecule has 0 fully saturated rings. The van der Waals surface area contributed by atoms with Crippen molar-refractivity contribution < 1.29 is 18.7 Å². The number of methoxy groups -OCH3 is 1. The van der Waals surface area contributed by atoms with Crippen LogP contribution in [0, 0.1) is 5.82 Å². The second-order valence-electron chi connectivity index (χ2n) is 4.80. The molecule has 0 aliphatic carbocycles. The van der Waals surface area contributed by atoms with Crippen molar-refractivity contribution in [1.29, 1.82) is 0 Å². The van der Waals surface area contributed by atoms with Crippen molar-refractivity contribution in [2.75, 3.05) is 13.9 Å². The second-order valence-corrected chi connectivity index (χ2v) is 4.80. The topological polar surface area (TPSA) is 47.6 Å². The van der Waals surface area contributed by atoms with Crippen LogP contribution in [0.4, 0.5) is 4.39 Å². The Bertz CT molecular complexity index is 651. The van der Waals surface area contributed by atoms with E-state index in [1.807, 2.05) is 12.1 Å². The summed E-state index contributed by atoms with van der Waals surface area (Å²) in [6.07, 6.45) is 3.16. The molecular formula is C18H18FNO3. The monoisotopic (exact) mass is 315 g/mol. The zero-order chi connectivity index (χ0) is 16.5. The Hall–Kier alpha value is -2.66. The summed E-state index contributed by atoms with van der Waals surface area (Å²) in [6, 6.07) is 13.3. The lowest BCUT2D eigenvalue weighted by Gasteiger charge is -2.04. The quantitative estimate of drug-likeness (QED) is 0.631. The SMILES string of the molecule is COCOc1ccc(/C=C/C(=O)NCc2ccc(F)cc2)cc1. The number of amides is 1. The van der Waals surface area contributed by atoms with Gasteiger partial charge < -0.3 is 14.8 Å². The van der Waals surface area contributed by atoms with Gasteiger partial charge in [-0.05, 0) is 41.5 Å². The minimum absolute atomic E-state index is 0.195. The maximum absolute atomic E-state index is 12.8. The molecule has 0 saturated heterocycles. The van der Waals surface area contributed by atoms with Crippen LogP contribution in [0.2, 0.25) is 0 Å². The fourth-order valence-electron chi connectivity index (χ4n) is 1.82. The van der Waals surface area contributed by atoms with Gasteiger partial charge in [0.1, 0.15) is 11.6 Å². The Morgan fingerprint density at radius 2 is 1.83 bits per heavy atom. The van der Waals surface area contributed by atoms with Crippen LogP contribution in [-0.4, -0.2) is 19.8 Å². The van der Waals surface area contributed by atoms with Gasteiger partial charge in [0.15, 0.2) is 6.79 Å². The highest BCUT2D eigenvalue weighted by molar-refractivity contribution is 5.91. The number of nitrogens with one attached hydrogen (secondary N) is 1. The summed E-state index contributed by atoms with van der Waals surface area (Å²) in [7, 11) is 1.56. The van der Waals surface area contributed by atoms with Gasteiger partial charge in [-0.3, -0.25) is 4.79 Å². The summed E-state index contributed by atoms with van der Waals surface area (Å²) in [6.45, 7) is 0.550. The zero-order valence-corrected chi connectivity index (χ0v) is 12.8. The van der Waals surface area contributed by atoms with Crippen LogP contribution < -0.4 is 10.1 Å². The third kappa shape index (κ3) is 5.92. The molecule has 2 aromatic carbocycles. The number of halogens is 1. The lowest BCUT2D eigenvalue weighted by molar-refractivity contribution is -0.116. The highest BCUT2D eigenvalue weighted by Gasteiger charge is 1.98. The van der Waals surface area contributed by atoms with Crippen molar-refractivity contribution in [2.45, 2.75) is 6.54 Å². The molecule has 0 spiro atoms. The van der Waals surface area contributed by atoms with Gasteiger partial charge in [-0.15, -0.1) is 0 Å². The van der Waals surface area contributed by atoms with Crippen molar-refractivity contribution >= 4 is 12.0 Å². The minimum atomic E-state index is -0.294. The molecule has 1 N–H and O–H groups in total. The van der Waals surface area contributed by atoms with Crippen molar-refractivity contribution in [3.63, 3.8) is 0 Å². The first-order valence-electron chi connectivity index (χ1n) is 7.09. The van der Waals surface area contributed by atoms with Gasteiger partial charge in [0, 0.05) is 19.7 Å². The number of hydrogen-bond acceptors (Lipinski definition) is 3. The predicted molar refractivity (Wildman–Crippen MR) is 86.2 cm³/mol. The van der Waals surface area contributed by atoms with Gasteiger partial charge in [-0.1, -0.05) is 24.3 Å². The molecule has 2 aromatic rings. The van der Waals surface area contributed by atoms with Crippen LogP contribution in [-0.2, 0) is 16.1 Å². The number of benzene rings is 2. The number of ether oxygens (including phenoxy) is 2. The average molecular weight is 315 g/mol. The molecule has 23 heavy (non-hydrogen) atoms. The van der Waals surface area contributed by atoms with Crippen LogP contribution in [0.1, 0.15) is 11.1 Å². The van der Waals surface area contributed by atoms with Gasteiger partial charge in [0.05, 0.1) is 0 Å². The number of carbonyl (C=O) groups excluding carboxylic acids is 1. The molecule has 0 bridgehead atoms. The standard InChI is InChI=1S/C18H18FNO3/c1-22-13-23-17-9-4-14(5-10-17)6-11-18(21)20-12-15-2-7-16(19)8-3-15/h2-11H,12-13H2,1H3,(H,20,21)/b11-6+. The van der Waals surface area contributed by atoms with E-state index < -0.39 is 0 Å². The first-order valence-corrected chi connectivity index (χ1v) is 7.09. The Morgan fingerprint density at radius 3 is 2.48 bits per heavy atom. The van der Waals surface area contributed by atoms with Crippen molar-refractivity contribution in [1.82, 2.24) is 5.32 Å². The maximum atomic E-state index is 12.8. The molecule has 120 valence electrons. The third-order valence-corrected chi connectivity index (χ3v) is 3.03. The van der Waals surface area contributed by atoms with Crippen LogP contribution in [0.3, 0.4) is 0 Å². The summed E-state index contributed by atoms with van der Waals surface area (Å²) in [5.41, 5.74) is 1.72. The summed E-state index contributed by atoms with van der Waals surface area (Å²) in [5, 5.41) is 2.74. The normalized spacial score (nSPS) is 10.7. The molecule has 0 heterocycles. The van der Waals surface area contributed by atoms with Crippen LogP contribution in [0.15, 0.2) is 54.6 Å². The van der Waals surface area contributed by atoms with Crippen molar-refractivity contribution in [3.8, 4) is 5.75 Å². The number of carbonyl (C=O) groups is 1. The molecule has 0 unspecified atom stereocenters. The second kappa shape index (κ2) is 8.70. The van der Waals surface area contributed by atoms with Gasteiger partial charge >= 0.3 is 0 Å². The molecule has 0 saturated carbocycles. The smallest absolute Gasteiger partial charge is 0.244 e. The highest BCUT2D eigenvalue weighted by atomic mass is 19.1. The molecule has 5 heteroatoms. The molecule has 2 rings (SSSR count). The predicted octanol–water partition coefficient (Wildman–Crippen LogP) is 3.14. The summed E-state index contributed by atoms with van der Waals surface area (Å²) in [5.74, 6) is 0.191. The molecule has 0 aromatic heterocycles. The molecule has 4 nitrogen and oxygen atoms in total. The Balaban J connectivity index is 1.82. The van der Waals surface area contributed by atoms with Crippen LogP contribution in [0.25, 0.3) is 6.08 Å². The van der Waals surface area contributed by atoms with E-state index in [0.29, 0.717) is 12.3 Å². The maximum Gasteiger partial charge on any atom is 0.244 e. The van der Waals surface area contributed by atoms with Crippen LogP contribution in [0.5, 0.6) is 5.75 Å². The zero-order valence-electron chi connectivity index (χ0n) is 12.8. The van der Waals surface area contributed by atoms with E-state index in [0.717, 1.165) is 11.1 Å². The van der Waals surface area contributed by atoms with E-state index >= 15 is 0 Å². The Morgan fingerprint density at radius 1 is 1.13 bits per heavy atom. The first kappa shape index (κ1) is 16.7. The van der Waals surface area contributed by atoms with Crippen LogP contribution >= 0.6 is 0 Å². The summed E-state index contributed by atoms with van der Waals surface area (Å²) in [4.78, 5) is 11.8. The van der Waals surface area contributed by atoms with Crippen molar-refractivity contribution in [3.05, 3.63) is 71.6 Å². The molecule has 1 amide bonds. The largest absolute Gasteiger partial charge is 0.468 e. The van der Waals surface area contributed by atoms with E-state index in [2.05, 4.69) is 5.32 Å². The number of hydrogen-bond donors (Lipinski definition) is 1. The van der Waals surface area contributed by atoms with Gasteiger partial charge in [0.25, 0.3) is 0 Å². The third-order valence-electron chi connectivity index (χ3n) is 3.03. The Labute approximate surface area is 134 Å². The molecule has 0 aliphatic heterocycles. The van der Waals surface area contributed by atoms with Gasteiger partial charge in [-0.2, -0.15) is 0 Å². The lowest BCUT2D eigenvalue weighted by Crippen LogP contribution is -2.20. The number of rotatable bonds is 7. The van der Waals surface area contributed by atoms with E-state index in [1.165, 1.54) is 18.2 Å². The minimum Gasteiger partial charge on any atom is -0.468 e. The van der Waals surface area contributed by atoms with E-state index in [-0.39, 0.29) is 18.5 Å². The summed E-state index contributed by atoms with van der Waals surface area (Å²) >= 11 is 0. The van der Waals surface area contributed by atoms with E-state index in [4.69, 9.17) is 9.47 Å². The summed E-state index contributed by atoms with van der Waals surface area (Å²) < 4.78 is 22.9. The van der Waals surface area contributed by atoms with E-state index in [9.17, 15) is 9.18 Å². The highest BCUT2D eigenvalue weighted by Crippen LogP contribution is 2.13. The molecule has 0 radical (unpaired) electrons. The van der Waals surface area contributed by atoms with E-state index in [1.54, 1.807) is 37.5 Å². The fourth-order valence-corrected chi connectivity index (χ4v) is 1.82.